The molecule has 1 aliphatic heterocycles. The summed E-state index contributed by atoms with van der Waals surface area (Å²) in [5, 5.41) is 0.751. The zero-order chi connectivity index (χ0) is 18.6. The van der Waals surface area contributed by atoms with Gasteiger partial charge < -0.3 is 4.74 Å². The number of nitrogens with zero attached hydrogens (tertiary/aromatic N) is 1. The lowest BCUT2D eigenvalue weighted by atomic mass is 9.93. The van der Waals surface area contributed by atoms with Gasteiger partial charge in [-0.2, -0.15) is 0 Å². The Hall–Kier alpha value is -2.06. The molecule has 0 spiro atoms. The van der Waals surface area contributed by atoms with Crippen LogP contribution in [0.4, 0.5) is 0 Å². The molecule has 0 saturated carbocycles. The number of hydrogen-bond donors (Lipinski definition) is 0. The van der Waals surface area contributed by atoms with Crippen molar-refractivity contribution in [3.8, 4) is 5.75 Å². The maximum absolute atomic E-state index is 5.95. The van der Waals surface area contributed by atoms with Gasteiger partial charge in [0.25, 0.3) is 0 Å². The van der Waals surface area contributed by atoms with Gasteiger partial charge in [-0.3, -0.25) is 4.99 Å². The van der Waals surface area contributed by atoms with Crippen LogP contribution in [0.15, 0.2) is 53.5 Å². The second-order valence-electron chi connectivity index (χ2n) is 7.88. The molecule has 0 aromatic heterocycles. The molecule has 136 valence electrons. The fourth-order valence-electron chi connectivity index (χ4n) is 2.87. The van der Waals surface area contributed by atoms with Crippen LogP contribution in [0.3, 0.4) is 0 Å². The van der Waals surface area contributed by atoms with Crippen molar-refractivity contribution in [1.29, 1.82) is 0 Å². The number of halogens is 1. The van der Waals surface area contributed by atoms with Crippen molar-refractivity contribution < 1.29 is 4.74 Å². The van der Waals surface area contributed by atoms with E-state index in [0.717, 1.165) is 48.0 Å². The zero-order valence-corrected chi connectivity index (χ0v) is 16.5. The molecule has 26 heavy (non-hydrogen) atoms. The number of benzene rings is 2. The normalized spacial score (nSPS) is 14.2. The standard InChI is InChI=1S/C23H26ClNO/c1-23(2,3)13-15-26-20-9-10-21-18(16-20)12-14-25-22(21)11-6-17-4-7-19(24)8-5-17/h4-11,16H,12-15H2,1-3H3. The molecule has 0 unspecified atom stereocenters. The van der Waals surface area contributed by atoms with Crippen molar-refractivity contribution >= 4 is 23.4 Å². The first-order chi connectivity index (χ1) is 12.4. The van der Waals surface area contributed by atoms with Gasteiger partial charge in [-0.05, 0) is 65.8 Å². The number of allylic oxidation sites excluding steroid dienone is 1. The molecule has 0 amide bonds. The van der Waals surface area contributed by atoms with Gasteiger partial charge in [-0.15, -0.1) is 0 Å². The summed E-state index contributed by atoms with van der Waals surface area (Å²) < 4.78 is 5.95. The SMILES string of the molecule is CC(C)(C)CCOc1ccc2c(c1)CCN=C2C=Cc1ccc(Cl)cc1. The van der Waals surface area contributed by atoms with Crippen LogP contribution >= 0.6 is 11.6 Å². The molecule has 0 aliphatic carbocycles. The van der Waals surface area contributed by atoms with E-state index in [4.69, 9.17) is 21.3 Å². The molecular weight excluding hydrogens is 342 g/mol. The van der Waals surface area contributed by atoms with E-state index < -0.39 is 0 Å². The first kappa shape index (κ1) is 18.7. The lowest BCUT2D eigenvalue weighted by Crippen LogP contribution is -2.13. The predicted octanol–water partition coefficient (Wildman–Crippen LogP) is 6.21. The van der Waals surface area contributed by atoms with Gasteiger partial charge in [0.15, 0.2) is 0 Å². The van der Waals surface area contributed by atoms with Crippen LogP contribution in [0.1, 0.15) is 43.9 Å². The smallest absolute Gasteiger partial charge is 0.119 e. The highest BCUT2D eigenvalue weighted by molar-refractivity contribution is 6.30. The first-order valence-corrected chi connectivity index (χ1v) is 9.53. The van der Waals surface area contributed by atoms with Crippen molar-refractivity contribution in [3.05, 3.63) is 70.3 Å². The average molecular weight is 368 g/mol. The van der Waals surface area contributed by atoms with E-state index >= 15 is 0 Å². The monoisotopic (exact) mass is 367 g/mol. The van der Waals surface area contributed by atoms with Crippen LogP contribution in [-0.4, -0.2) is 18.9 Å². The van der Waals surface area contributed by atoms with Crippen molar-refractivity contribution in [3.63, 3.8) is 0 Å². The number of ether oxygens (including phenoxy) is 1. The maximum Gasteiger partial charge on any atom is 0.119 e. The molecule has 0 saturated heterocycles. The van der Waals surface area contributed by atoms with E-state index in [1.807, 2.05) is 24.3 Å². The summed E-state index contributed by atoms with van der Waals surface area (Å²) in [6, 6.07) is 14.2. The van der Waals surface area contributed by atoms with E-state index in [1.54, 1.807) is 0 Å². The van der Waals surface area contributed by atoms with Crippen molar-refractivity contribution in [1.82, 2.24) is 0 Å². The molecular formula is C23H26ClNO. The van der Waals surface area contributed by atoms with E-state index in [1.165, 1.54) is 11.1 Å². The fraction of sp³-hybridized carbons (Fsp3) is 0.348. The molecule has 3 rings (SSSR count). The summed E-state index contributed by atoms with van der Waals surface area (Å²) in [5.41, 5.74) is 4.95. The molecule has 3 heteroatoms. The van der Waals surface area contributed by atoms with Crippen LogP contribution < -0.4 is 4.74 Å². The maximum atomic E-state index is 5.95. The van der Waals surface area contributed by atoms with Gasteiger partial charge in [0, 0.05) is 17.1 Å². The molecule has 1 aliphatic rings. The van der Waals surface area contributed by atoms with Gasteiger partial charge in [-0.1, -0.05) is 50.6 Å². The summed E-state index contributed by atoms with van der Waals surface area (Å²) in [5.74, 6) is 0.955. The first-order valence-electron chi connectivity index (χ1n) is 9.15. The lowest BCUT2D eigenvalue weighted by Gasteiger charge is -2.19. The Morgan fingerprint density at radius 1 is 1.08 bits per heavy atom. The predicted molar refractivity (Wildman–Crippen MR) is 112 cm³/mol. The summed E-state index contributed by atoms with van der Waals surface area (Å²) in [4.78, 5) is 4.69. The van der Waals surface area contributed by atoms with Crippen LogP contribution in [0.5, 0.6) is 5.75 Å². The highest BCUT2D eigenvalue weighted by atomic mass is 35.5. The number of fused-ring (bicyclic) bond motifs is 1. The van der Waals surface area contributed by atoms with Crippen LogP contribution in [0, 0.1) is 5.41 Å². The van der Waals surface area contributed by atoms with E-state index in [-0.39, 0.29) is 0 Å². The van der Waals surface area contributed by atoms with E-state index in [0.29, 0.717) is 5.41 Å². The van der Waals surface area contributed by atoms with Gasteiger partial charge in [0.2, 0.25) is 0 Å². The van der Waals surface area contributed by atoms with Crippen LogP contribution in [0.2, 0.25) is 5.02 Å². The summed E-state index contributed by atoms with van der Waals surface area (Å²) >= 11 is 5.94. The Labute approximate surface area is 161 Å². The highest BCUT2D eigenvalue weighted by Crippen LogP contribution is 2.25. The minimum absolute atomic E-state index is 0.292. The minimum atomic E-state index is 0.292. The second-order valence-corrected chi connectivity index (χ2v) is 8.32. The lowest BCUT2D eigenvalue weighted by molar-refractivity contribution is 0.243. The molecule has 0 bridgehead atoms. The summed E-state index contributed by atoms with van der Waals surface area (Å²) in [6.45, 7) is 8.27. The number of aliphatic imine (C=N–C) groups is 1. The number of hydrogen-bond acceptors (Lipinski definition) is 2. The highest BCUT2D eigenvalue weighted by Gasteiger charge is 2.14. The topological polar surface area (TPSA) is 21.6 Å². The third-order valence-electron chi connectivity index (χ3n) is 4.44. The Balaban J connectivity index is 1.70. The summed E-state index contributed by atoms with van der Waals surface area (Å²) in [6.07, 6.45) is 6.17. The largest absolute Gasteiger partial charge is 0.494 e. The Morgan fingerprint density at radius 2 is 1.85 bits per heavy atom. The molecule has 2 nitrogen and oxygen atoms in total. The van der Waals surface area contributed by atoms with Crippen molar-refractivity contribution in [2.45, 2.75) is 33.6 Å². The molecule has 0 atom stereocenters. The molecule has 0 N–H and O–H groups in total. The Morgan fingerprint density at radius 3 is 2.58 bits per heavy atom. The van der Waals surface area contributed by atoms with E-state index in [9.17, 15) is 0 Å². The molecule has 2 aromatic rings. The minimum Gasteiger partial charge on any atom is -0.494 e. The van der Waals surface area contributed by atoms with Crippen LogP contribution in [0.25, 0.3) is 6.08 Å². The van der Waals surface area contributed by atoms with Gasteiger partial charge in [-0.25, -0.2) is 0 Å². The van der Waals surface area contributed by atoms with Gasteiger partial charge >= 0.3 is 0 Å². The third kappa shape index (κ3) is 5.22. The van der Waals surface area contributed by atoms with Crippen LogP contribution in [-0.2, 0) is 6.42 Å². The summed E-state index contributed by atoms with van der Waals surface area (Å²) in [7, 11) is 0. The zero-order valence-electron chi connectivity index (χ0n) is 15.8. The Bertz CT molecular complexity index is 813. The van der Waals surface area contributed by atoms with Gasteiger partial charge in [0.1, 0.15) is 5.75 Å². The second kappa shape index (κ2) is 8.09. The third-order valence-corrected chi connectivity index (χ3v) is 4.69. The molecule has 0 fully saturated rings. The molecule has 2 aromatic carbocycles. The quantitative estimate of drug-likeness (QED) is 0.615. The molecule has 1 heterocycles. The average Bonchev–Trinajstić information content (AvgIpc) is 2.60. The molecule has 0 radical (unpaired) electrons. The number of rotatable bonds is 5. The van der Waals surface area contributed by atoms with Gasteiger partial charge in [0.05, 0.1) is 12.3 Å². The van der Waals surface area contributed by atoms with Crippen molar-refractivity contribution in [2.75, 3.05) is 13.2 Å². The Kier molecular flexibility index (Phi) is 5.83. The van der Waals surface area contributed by atoms with Crippen molar-refractivity contribution in [2.24, 2.45) is 10.4 Å². The fourth-order valence-corrected chi connectivity index (χ4v) is 2.99. The van der Waals surface area contributed by atoms with E-state index in [2.05, 4.69) is 51.1 Å².